The van der Waals surface area contributed by atoms with Crippen LogP contribution in [0.15, 0.2) is 59.4 Å². The van der Waals surface area contributed by atoms with Gasteiger partial charge in [0.25, 0.3) is 5.56 Å². The van der Waals surface area contributed by atoms with Gasteiger partial charge in [-0.3, -0.25) is 4.79 Å². The van der Waals surface area contributed by atoms with Gasteiger partial charge in [-0.15, -0.1) is 0 Å². The summed E-state index contributed by atoms with van der Waals surface area (Å²) in [4.78, 5) is 12.2. The smallest absolute Gasteiger partial charge is 0.267 e. The number of hydrogen-bond acceptors (Lipinski definition) is 2. The molecule has 0 saturated carbocycles. The Balaban J connectivity index is 1.96. The number of nitrogens with zero attached hydrogens (tertiary/aromatic N) is 2. The maximum atomic E-state index is 12.2. The normalized spacial score (nSPS) is 10.8. The molecule has 24 heavy (non-hydrogen) atoms. The molecule has 122 valence electrons. The van der Waals surface area contributed by atoms with Crippen molar-refractivity contribution in [3.05, 3.63) is 87.2 Å². The van der Waals surface area contributed by atoms with Gasteiger partial charge in [0.15, 0.2) is 0 Å². The van der Waals surface area contributed by atoms with E-state index < -0.39 is 0 Å². The highest BCUT2D eigenvalue weighted by atomic mass is 16.1. The highest BCUT2D eigenvalue weighted by Crippen LogP contribution is 2.17. The van der Waals surface area contributed by atoms with E-state index in [0.29, 0.717) is 6.54 Å². The lowest BCUT2D eigenvalue weighted by atomic mass is 10.1. The Morgan fingerprint density at radius 3 is 2.42 bits per heavy atom. The fourth-order valence-electron chi connectivity index (χ4n) is 2.76. The van der Waals surface area contributed by atoms with Crippen molar-refractivity contribution in [1.29, 1.82) is 0 Å². The molecule has 3 nitrogen and oxygen atoms in total. The average molecular weight is 318 g/mol. The summed E-state index contributed by atoms with van der Waals surface area (Å²) in [6, 6.07) is 18.0. The molecule has 0 amide bonds. The minimum atomic E-state index is -0.0789. The van der Waals surface area contributed by atoms with Gasteiger partial charge in [-0.1, -0.05) is 55.0 Å². The van der Waals surface area contributed by atoms with Gasteiger partial charge in [-0.2, -0.15) is 5.10 Å². The first kappa shape index (κ1) is 16.2. The lowest BCUT2D eigenvalue weighted by molar-refractivity contribution is 0.640. The molecular weight excluding hydrogens is 296 g/mol. The van der Waals surface area contributed by atoms with E-state index in [1.54, 1.807) is 16.8 Å². The van der Waals surface area contributed by atoms with Crippen LogP contribution in [0.5, 0.6) is 0 Å². The van der Waals surface area contributed by atoms with E-state index in [0.717, 1.165) is 23.2 Å². The van der Waals surface area contributed by atoms with Crippen LogP contribution in [0, 0.1) is 13.8 Å². The second kappa shape index (κ2) is 6.83. The fraction of sp³-hybridized carbons (Fsp3) is 0.238. The summed E-state index contributed by atoms with van der Waals surface area (Å²) < 4.78 is 1.55. The monoisotopic (exact) mass is 318 g/mol. The predicted octanol–water partition coefficient (Wildman–Crippen LogP) is 4.14. The topological polar surface area (TPSA) is 34.9 Å². The van der Waals surface area contributed by atoms with Crippen LogP contribution < -0.4 is 5.56 Å². The van der Waals surface area contributed by atoms with Crippen molar-refractivity contribution in [2.24, 2.45) is 0 Å². The number of aromatic nitrogens is 2. The molecule has 3 rings (SSSR count). The fourth-order valence-corrected chi connectivity index (χ4v) is 2.76. The predicted molar refractivity (Wildman–Crippen MR) is 98.3 cm³/mol. The molecule has 0 N–H and O–H groups in total. The highest BCUT2D eigenvalue weighted by molar-refractivity contribution is 5.58. The summed E-state index contributed by atoms with van der Waals surface area (Å²) in [6.07, 6.45) is 1.01. The van der Waals surface area contributed by atoms with E-state index in [9.17, 15) is 4.79 Å². The zero-order valence-electron chi connectivity index (χ0n) is 14.4. The molecule has 1 aromatic heterocycles. The average Bonchev–Trinajstić information content (AvgIpc) is 2.60. The molecule has 0 aliphatic carbocycles. The summed E-state index contributed by atoms with van der Waals surface area (Å²) in [5.41, 5.74) is 6.56. The van der Waals surface area contributed by atoms with E-state index >= 15 is 0 Å². The molecule has 3 aromatic rings. The second-order valence-corrected chi connectivity index (χ2v) is 6.19. The molecule has 0 spiro atoms. The Morgan fingerprint density at radius 1 is 0.958 bits per heavy atom. The van der Waals surface area contributed by atoms with Crippen molar-refractivity contribution in [2.45, 2.75) is 33.7 Å². The molecule has 0 atom stereocenters. The number of hydrogen-bond donors (Lipinski definition) is 0. The van der Waals surface area contributed by atoms with Crippen LogP contribution in [0.2, 0.25) is 0 Å². The molecule has 2 aromatic carbocycles. The molecule has 3 heteroatoms. The van der Waals surface area contributed by atoms with Crippen molar-refractivity contribution >= 4 is 0 Å². The van der Waals surface area contributed by atoms with E-state index in [1.165, 1.54) is 16.7 Å². The summed E-state index contributed by atoms with van der Waals surface area (Å²) in [6.45, 7) is 6.75. The van der Waals surface area contributed by atoms with Crippen molar-refractivity contribution in [1.82, 2.24) is 9.78 Å². The standard InChI is InChI=1S/C21H22N2O/c1-4-17-7-9-18(10-8-17)20-11-12-21(24)23(22-20)14-19-13-15(2)5-6-16(19)3/h5-13H,4,14H2,1-3H3. The van der Waals surface area contributed by atoms with E-state index in [1.807, 2.05) is 0 Å². The van der Waals surface area contributed by atoms with Crippen LogP contribution in [0.4, 0.5) is 0 Å². The first-order chi connectivity index (χ1) is 11.6. The second-order valence-electron chi connectivity index (χ2n) is 6.19. The van der Waals surface area contributed by atoms with E-state index in [2.05, 4.69) is 68.3 Å². The maximum Gasteiger partial charge on any atom is 0.267 e. The first-order valence-corrected chi connectivity index (χ1v) is 8.30. The van der Waals surface area contributed by atoms with Gasteiger partial charge in [0, 0.05) is 11.6 Å². The molecule has 0 radical (unpaired) electrons. The molecular formula is C21H22N2O. The Labute approximate surface area is 142 Å². The minimum absolute atomic E-state index is 0.0789. The quantitative estimate of drug-likeness (QED) is 0.724. The summed E-state index contributed by atoms with van der Waals surface area (Å²) in [5.74, 6) is 0. The van der Waals surface area contributed by atoms with Crippen LogP contribution in [0.25, 0.3) is 11.3 Å². The van der Waals surface area contributed by atoms with Crippen molar-refractivity contribution in [2.75, 3.05) is 0 Å². The molecule has 1 heterocycles. The van der Waals surface area contributed by atoms with Crippen LogP contribution in [-0.4, -0.2) is 9.78 Å². The van der Waals surface area contributed by atoms with Gasteiger partial charge in [0.05, 0.1) is 12.2 Å². The molecule has 0 unspecified atom stereocenters. The molecule has 0 aliphatic rings. The molecule has 0 aliphatic heterocycles. The Hall–Kier alpha value is -2.68. The van der Waals surface area contributed by atoms with Crippen molar-refractivity contribution in [3.8, 4) is 11.3 Å². The van der Waals surface area contributed by atoms with Gasteiger partial charge in [-0.05, 0) is 43.0 Å². The third-order valence-electron chi connectivity index (χ3n) is 4.35. The van der Waals surface area contributed by atoms with Crippen molar-refractivity contribution in [3.63, 3.8) is 0 Å². The largest absolute Gasteiger partial charge is 0.268 e. The highest BCUT2D eigenvalue weighted by Gasteiger charge is 2.06. The number of benzene rings is 2. The van der Waals surface area contributed by atoms with Gasteiger partial charge < -0.3 is 0 Å². The van der Waals surface area contributed by atoms with Crippen LogP contribution in [0.1, 0.15) is 29.2 Å². The van der Waals surface area contributed by atoms with Crippen LogP contribution >= 0.6 is 0 Å². The molecule has 0 saturated heterocycles. The zero-order valence-corrected chi connectivity index (χ0v) is 14.4. The summed E-state index contributed by atoms with van der Waals surface area (Å²) >= 11 is 0. The lowest BCUT2D eigenvalue weighted by Gasteiger charge is -2.10. The van der Waals surface area contributed by atoms with Crippen molar-refractivity contribution < 1.29 is 0 Å². The first-order valence-electron chi connectivity index (χ1n) is 8.30. The van der Waals surface area contributed by atoms with Gasteiger partial charge in [0.1, 0.15) is 0 Å². The molecule has 0 fully saturated rings. The SMILES string of the molecule is CCc1ccc(-c2ccc(=O)n(Cc3cc(C)ccc3C)n2)cc1. The van der Waals surface area contributed by atoms with Gasteiger partial charge in [0.2, 0.25) is 0 Å². The molecule has 0 bridgehead atoms. The van der Waals surface area contributed by atoms with Crippen LogP contribution in [0.3, 0.4) is 0 Å². The van der Waals surface area contributed by atoms with Gasteiger partial charge in [-0.25, -0.2) is 4.68 Å². The Morgan fingerprint density at radius 2 is 1.71 bits per heavy atom. The van der Waals surface area contributed by atoms with E-state index in [-0.39, 0.29) is 5.56 Å². The number of aryl methyl sites for hydroxylation is 3. The lowest BCUT2D eigenvalue weighted by Crippen LogP contribution is -2.23. The third-order valence-corrected chi connectivity index (χ3v) is 4.35. The van der Waals surface area contributed by atoms with Crippen LogP contribution in [-0.2, 0) is 13.0 Å². The minimum Gasteiger partial charge on any atom is -0.268 e. The zero-order chi connectivity index (χ0) is 17.1. The third kappa shape index (κ3) is 3.46. The van der Waals surface area contributed by atoms with E-state index in [4.69, 9.17) is 0 Å². The van der Waals surface area contributed by atoms with Gasteiger partial charge >= 0.3 is 0 Å². The Kier molecular flexibility index (Phi) is 4.61. The maximum absolute atomic E-state index is 12.2. The Bertz CT molecular complexity index is 908. The number of rotatable bonds is 4. The summed E-state index contributed by atoms with van der Waals surface area (Å²) in [5, 5.41) is 4.57. The summed E-state index contributed by atoms with van der Waals surface area (Å²) in [7, 11) is 0.